The van der Waals surface area contributed by atoms with Crippen molar-refractivity contribution >= 4 is 5.97 Å². The molecule has 98 valence electrons. The summed E-state index contributed by atoms with van der Waals surface area (Å²) >= 11 is 0. The minimum absolute atomic E-state index is 0.138. The molecule has 1 N–H and O–H groups in total. The zero-order valence-corrected chi connectivity index (χ0v) is 10.9. The monoisotopic (exact) mass is 239 g/mol. The van der Waals surface area contributed by atoms with Gasteiger partial charge in [0, 0.05) is 19.6 Å². The number of hydrogen-bond donors (Lipinski definition) is 1. The summed E-state index contributed by atoms with van der Waals surface area (Å²) in [6.07, 6.45) is 8.23. The SMILES string of the molecule is CC1CN(CC2CCCCCC2)CC1C(=O)O. The highest BCUT2D eigenvalue weighted by atomic mass is 16.4. The second kappa shape index (κ2) is 5.85. The normalized spacial score (nSPS) is 32.5. The molecule has 0 spiro atoms. The summed E-state index contributed by atoms with van der Waals surface area (Å²) in [6, 6.07) is 0. The number of likely N-dealkylation sites (tertiary alicyclic amines) is 1. The lowest BCUT2D eigenvalue weighted by Crippen LogP contribution is -2.28. The van der Waals surface area contributed by atoms with Gasteiger partial charge >= 0.3 is 5.97 Å². The number of nitrogens with zero attached hydrogens (tertiary/aromatic N) is 1. The quantitative estimate of drug-likeness (QED) is 0.770. The van der Waals surface area contributed by atoms with Crippen LogP contribution in [0.5, 0.6) is 0 Å². The third-order valence-electron chi connectivity index (χ3n) is 4.50. The van der Waals surface area contributed by atoms with Crippen molar-refractivity contribution in [2.45, 2.75) is 45.4 Å². The lowest BCUT2D eigenvalue weighted by atomic mass is 9.99. The molecular formula is C14H25NO2. The van der Waals surface area contributed by atoms with E-state index in [1.807, 2.05) is 0 Å². The number of rotatable bonds is 3. The molecule has 1 aliphatic heterocycles. The van der Waals surface area contributed by atoms with E-state index >= 15 is 0 Å². The highest BCUT2D eigenvalue weighted by Gasteiger charge is 2.35. The largest absolute Gasteiger partial charge is 0.481 e. The Morgan fingerprint density at radius 2 is 1.82 bits per heavy atom. The summed E-state index contributed by atoms with van der Waals surface area (Å²) in [6.45, 7) is 4.96. The first-order valence-corrected chi connectivity index (χ1v) is 7.12. The van der Waals surface area contributed by atoms with E-state index < -0.39 is 5.97 Å². The predicted molar refractivity (Wildman–Crippen MR) is 67.9 cm³/mol. The Morgan fingerprint density at radius 1 is 1.18 bits per heavy atom. The molecule has 2 unspecified atom stereocenters. The van der Waals surface area contributed by atoms with Gasteiger partial charge in [-0.2, -0.15) is 0 Å². The van der Waals surface area contributed by atoms with Crippen LogP contribution in [0.1, 0.15) is 45.4 Å². The fourth-order valence-corrected chi connectivity index (χ4v) is 3.45. The lowest BCUT2D eigenvalue weighted by molar-refractivity contribution is -0.142. The molecule has 0 amide bonds. The first-order valence-electron chi connectivity index (χ1n) is 7.12. The fourth-order valence-electron chi connectivity index (χ4n) is 3.45. The second-order valence-electron chi connectivity index (χ2n) is 6.00. The fraction of sp³-hybridized carbons (Fsp3) is 0.929. The van der Waals surface area contributed by atoms with Crippen LogP contribution in [0.4, 0.5) is 0 Å². The first kappa shape index (κ1) is 12.9. The zero-order chi connectivity index (χ0) is 12.3. The highest BCUT2D eigenvalue weighted by molar-refractivity contribution is 5.71. The van der Waals surface area contributed by atoms with E-state index in [1.54, 1.807) is 0 Å². The average molecular weight is 239 g/mol. The van der Waals surface area contributed by atoms with E-state index in [1.165, 1.54) is 38.5 Å². The van der Waals surface area contributed by atoms with E-state index in [2.05, 4.69) is 11.8 Å². The van der Waals surface area contributed by atoms with Gasteiger partial charge in [0.05, 0.1) is 5.92 Å². The first-order chi connectivity index (χ1) is 8.16. The molecule has 2 atom stereocenters. The van der Waals surface area contributed by atoms with Gasteiger partial charge in [-0.1, -0.05) is 32.6 Å². The standard InChI is InChI=1S/C14H25NO2/c1-11-8-15(10-13(11)14(16)17)9-12-6-4-2-3-5-7-12/h11-13H,2-10H2,1H3,(H,16,17). The van der Waals surface area contributed by atoms with Crippen LogP contribution in [-0.2, 0) is 4.79 Å². The molecule has 2 aliphatic rings. The van der Waals surface area contributed by atoms with Gasteiger partial charge in [0.2, 0.25) is 0 Å². The van der Waals surface area contributed by atoms with Gasteiger partial charge in [0.25, 0.3) is 0 Å². The van der Waals surface area contributed by atoms with Gasteiger partial charge in [0.15, 0.2) is 0 Å². The maximum Gasteiger partial charge on any atom is 0.308 e. The van der Waals surface area contributed by atoms with Crippen LogP contribution < -0.4 is 0 Å². The van der Waals surface area contributed by atoms with Gasteiger partial charge in [-0.3, -0.25) is 4.79 Å². The molecule has 2 rings (SSSR count). The minimum atomic E-state index is -0.610. The maximum absolute atomic E-state index is 11.1. The van der Waals surface area contributed by atoms with Crippen LogP contribution in [0.2, 0.25) is 0 Å². The predicted octanol–water partition coefficient (Wildman–Crippen LogP) is 2.61. The molecular weight excluding hydrogens is 214 g/mol. The Kier molecular flexibility index (Phi) is 4.43. The third-order valence-corrected chi connectivity index (χ3v) is 4.50. The van der Waals surface area contributed by atoms with Crippen LogP contribution in [0.15, 0.2) is 0 Å². The van der Waals surface area contributed by atoms with Crippen molar-refractivity contribution in [3.63, 3.8) is 0 Å². The summed E-state index contributed by atoms with van der Waals surface area (Å²) in [5, 5.41) is 9.13. The van der Waals surface area contributed by atoms with Gasteiger partial charge in [-0.15, -0.1) is 0 Å². The van der Waals surface area contributed by atoms with Crippen LogP contribution in [-0.4, -0.2) is 35.6 Å². The van der Waals surface area contributed by atoms with Crippen molar-refractivity contribution in [3.05, 3.63) is 0 Å². The Morgan fingerprint density at radius 3 is 2.35 bits per heavy atom. The molecule has 3 nitrogen and oxygen atoms in total. The molecule has 2 fully saturated rings. The second-order valence-corrected chi connectivity index (χ2v) is 6.00. The average Bonchev–Trinajstić information content (AvgIpc) is 2.50. The molecule has 0 bridgehead atoms. The molecule has 3 heteroatoms. The molecule has 17 heavy (non-hydrogen) atoms. The topological polar surface area (TPSA) is 40.5 Å². The van der Waals surface area contributed by atoms with Crippen molar-refractivity contribution < 1.29 is 9.90 Å². The van der Waals surface area contributed by atoms with Crippen molar-refractivity contribution in [2.24, 2.45) is 17.8 Å². The molecule has 0 aromatic rings. The van der Waals surface area contributed by atoms with E-state index in [4.69, 9.17) is 5.11 Å². The number of aliphatic carboxylic acids is 1. The molecule has 0 aromatic carbocycles. The maximum atomic E-state index is 11.1. The van der Waals surface area contributed by atoms with Gasteiger partial charge in [-0.25, -0.2) is 0 Å². The van der Waals surface area contributed by atoms with Crippen LogP contribution in [0.25, 0.3) is 0 Å². The summed E-state index contributed by atoms with van der Waals surface area (Å²) in [7, 11) is 0. The van der Waals surface area contributed by atoms with Crippen LogP contribution in [0.3, 0.4) is 0 Å². The van der Waals surface area contributed by atoms with Crippen LogP contribution >= 0.6 is 0 Å². The highest BCUT2D eigenvalue weighted by Crippen LogP contribution is 2.28. The molecule has 0 aromatic heterocycles. The van der Waals surface area contributed by atoms with E-state index in [-0.39, 0.29) is 5.92 Å². The van der Waals surface area contributed by atoms with Gasteiger partial charge < -0.3 is 10.0 Å². The molecule has 1 saturated carbocycles. The summed E-state index contributed by atoms with van der Waals surface area (Å²) in [5.41, 5.74) is 0. The van der Waals surface area contributed by atoms with Gasteiger partial charge in [-0.05, 0) is 24.7 Å². The van der Waals surface area contributed by atoms with Crippen molar-refractivity contribution in [1.82, 2.24) is 4.90 Å². The number of carboxylic acids is 1. The van der Waals surface area contributed by atoms with Crippen molar-refractivity contribution in [3.8, 4) is 0 Å². The van der Waals surface area contributed by atoms with Crippen molar-refractivity contribution in [2.75, 3.05) is 19.6 Å². The van der Waals surface area contributed by atoms with E-state index in [9.17, 15) is 4.79 Å². The van der Waals surface area contributed by atoms with Crippen molar-refractivity contribution in [1.29, 1.82) is 0 Å². The summed E-state index contributed by atoms with van der Waals surface area (Å²) in [5.74, 6) is 0.386. The summed E-state index contributed by atoms with van der Waals surface area (Å²) < 4.78 is 0. The Hall–Kier alpha value is -0.570. The van der Waals surface area contributed by atoms with E-state index in [0.29, 0.717) is 5.92 Å². The third kappa shape index (κ3) is 3.44. The Labute approximate surface area is 104 Å². The number of hydrogen-bond acceptors (Lipinski definition) is 2. The Bertz CT molecular complexity index is 259. The van der Waals surface area contributed by atoms with Gasteiger partial charge in [0.1, 0.15) is 0 Å². The smallest absolute Gasteiger partial charge is 0.308 e. The molecule has 1 saturated heterocycles. The number of carboxylic acid groups (broad SMARTS) is 1. The Balaban J connectivity index is 1.81. The van der Waals surface area contributed by atoms with Crippen LogP contribution in [0, 0.1) is 17.8 Å². The summed E-state index contributed by atoms with van der Waals surface area (Å²) in [4.78, 5) is 13.5. The van der Waals surface area contributed by atoms with E-state index in [0.717, 1.165) is 25.6 Å². The number of carbonyl (C=O) groups is 1. The molecule has 1 heterocycles. The molecule has 0 radical (unpaired) electrons. The molecule has 1 aliphatic carbocycles. The lowest BCUT2D eigenvalue weighted by Gasteiger charge is -2.22. The zero-order valence-electron chi connectivity index (χ0n) is 10.9. The minimum Gasteiger partial charge on any atom is -0.481 e.